The van der Waals surface area contributed by atoms with Crippen LogP contribution >= 0.6 is 0 Å². The van der Waals surface area contributed by atoms with Gasteiger partial charge in [0.05, 0.1) is 0 Å². The van der Waals surface area contributed by atoms with Crippen LogP contribution in [0.1, 0.15) is 23.8 Å². The van der Waals surface area contributed by atoms with Crippen molar-refractivity contribution in [2.45, 2.75) is 19.4 Å². The zero-order chi connectivity index (χ0) is 12.4. The summed E-state index contributed by atoms with van der Waals surface area (Å²) in [6.45, 7) is 3.32. The Morgan fingerprint density at radius 3 is 2.94 bits per heavy atom. The Balaban J connectivity index is 2.10. The fourth-order valence-electron chi connectivity index (χ4n) is 1.91. The van der Waals surface area contributed by atoms with Gasteiger partial charge in [0.2, 0.25) is 0 Å². The molecule has 1 amide bonds. The Labute approximate surface area is 98.8 Å². The van der Waals surface area contributed by atoms with Crippen molar-refractivity contribution in [2.24, 2.45) is 11.7 Å². The molecule has 0 aliphatic carbocycles. The highest BCUT2D eigenvalue weighted by atomic mass is 16.2. The SMILES string of the molecule is CC1CCN(C(=O)c2ccc(=O)[nH]n2)CC1N. The van der Waals surface area contributed by atoms with Crippen LogP contribution in [-0.2, 0) is 0 Å². The summed E-state index contributed by atoms with van der Waals surface area (Å²) in [5.41, 5.74) is 5.88. The van der Waals surface area contributed by atoms with Crippen LogP contribution in [0.5, 0.6) is 0 Å². The summed E-state index contributed by atoms with van der Waals surface area (Å²) in [7, 11) is 0. The number of carbonyl (C=O) groups is 1. The van der Waals surface area contributed by atoms with Crippen molar-refractivity contribution in [1.29, 1.82) is 0 Å². The highest BCUT2D eigenvalue weighted by Crippen LogP contribution is 2.16. The van der Waals surface area contributed by atoms with Crippen LogP contribution in [0.3, 0.4) is 0 Å². The molecule has 1 aromatic heterocycles. The van der Waals surface area contributed by atoms with Crippen LogP contribution < -0.4 is 11.3 Å². The molecule has 1 aliphatic rings. The number of carbonyl (C=O) groups excluding carboxylic acids is 1. The van der Waals surface area contributed by atoms with Crippen LogP contribution in [0.25, 0.3) is 0 Å². The highest BCUT2D eigenvalue weighted by Gasteiger charge is 2.27. The van der Waals surface area contributed by atoms with E-state index < -0.39 is 0 Å². The minimum atomic E-state index is -0.314. The number of hydrogen-bond donors (Lipinski definition) is 2. The number of H-pyrrole nitrogens is 1. The smallest absolute Gasteiger partial charge is 0.274 e. The van der Waals surface area contributed by atoms with Crippen molar-refractivity contribution in [1.82, 2.24) is 15.1 Å². The maximum absolute atomic E-state index is 12.0. The van der Waals surface area contributed by atoms with E-state index in [4.69, 9.17) is 5.73 Å². The van der Waals surface area contributed by atoms with Crippen molar-refractivity contribution in [3.63, 3.8) is 0 Å². The van der Waals surface area contributed by atoms with E-state index in [1.54, 1.807) is 4.90 Å². The van der Waals surface area contributed by atoms with Gasteiger partial charge in [0.25, 0.3) is 11.5 Å². The van der Waals surface area contributed by atoms with Gasteiger partial charge >= 0.3 is 0 Å². The number of nitrogens with zero attached hydrogens (tertiary/aromatic N) is 2. The molecule has 2 heterocycles. The fourth-order valence-corrected chi connectivity index (χ4v) is 1.91. The lowest BCUT2D eigenvalue weighted by Crippen LogP contribution is -2.50. The molecule has 2 unspecified atom stereocenters. The molecule has 0 spiro atoms. The standard InChI is InChI=1S/C11H16N4O2/c1-7-4-5-15(6-8(7)12)11(17)9-2-3-10(16)14-13-9/h2-3,7-8H,4-6,12H2,1H3,(H,14,16). The van der Waals surface area contributed by atoms with Crippen molar-refractivity contribution in [3.8, 4) is 0 Å². The molecule has 1 aromatic rings. The first-order valence-corrected chi connectivity index (χ1v) is 5.68. The normalized spacial score (nSPS) is 24.7. The number of hydrogen-bond acceptors (Lipinski definition) is 4. The second-order valence-electron chi connectivity index (χ2n) is 4.49. The first kappa shape index (κ1) is 11.8. The summed E-state index contributed by atoms with van der Waals surface area (Å²) in [5.74, 6) is 0.256. The topological polar surface area (TPSA) is 92.1 Å². The van der Waals surface area contributed by atoms with E-state index in [9.17, 15) is 9.59 Å². The second kappa shape index (κ2) is 4.67. The molecule has 0 aromatic carbocycles. The minimum Gasteiger partial charge on any atom is -0.336 e. The van der Waals surface area contributed by atoms with Gasteiger partial charge in [-0.15, -0.1) is 0 Å². The van der Waals surface area contributed by atoms with Gasteiger partial charge in [-0.05, 0) is 18.4 Å². The molecule has 0 saturated carbocycles. The largest absolute Gasteiger partial charge is 0.336 e. The van der Waals surface area contributed by atoms with Crippen molar-refractivity contribution >= 4 is 5.91 Å². The van der Waals surface area contributed by atoms with Gasteiger partial charge in [-0.25, -0.2) is 5.10 Å². The van der Waals surface area contributed by atoms with Crippen molar-refractivity contribution in [2.75, 3.05) is 13.1 Å². The first-order chi connectivity index (χ1) is 8.08. The Bertz CT molecular complexity index is 450. The van der Waals surface area contributed by atoms with Crippen molar-refractivity contribution < 1.29 is 4.79 Å². The average molecular weight is 236 g/mol. The molecule has 2 rings (SSSR count). The maximum atomic E-state index is 12.0. The van der Waals surface area contributed by atoms with E-state index >= 15 is 0 Å². The molecule has 6 heteroatoms. The third-order valence-electron chi connectivity index (χ3n) is 3.20. The summed E-state index contributed by atoms with van der Waals surface area (Å²) in [6.07, 6.45) is 0.899. The number of rotatable bonds is 1. The van der Waals surface area contributed by atoms with E-state index in [1.807, 2.05) is 0 Å². The zero-order valence-corrected chi connectivity index (χ0v) is 9.72. The van der Waals surface area contributed by atoms with Gasteiger partial charge in [-0.1, -0.05) is 6.92 Å². The number of nitrogens with two attached hydrogens (primary N) is 1. The van der Waals surface area contributed by atoms with Gasteiger partial charge in [0.1, 0.15) is 5.69 Å². The molecular formula is C11H16N4O2. The molecule has 6 nitrogen and oxygen atoms in total. The number of piperidine rings is 1. The predicted molar refractivity (Wildman–Crippen MR) is 62.5 cm³/mol. The summed E-state index contributed by atoms with van der Waals surface area (Å²) in [5, 5.41) is 5.98. The Hall–Kier alpha value is -1.69. The summed E-state index contributed by atoms with van der Waals surface area (Å²) >= 11 is 0. The molecule has 1 aliphatic heterocycles. The molecule has 1 saturated heterocycles. The Morgan fingerprint density at radius 1 is 1.59 bits per heavy atom. The number of amides is 1. The summed E-state index contributed by atoms with van der Waals surface area (Å²) in [4.78, 5) is 24.6. The predicted octanol–water partition coefficient (Wildman–Crippen LogP) is -0.421. The molecule has 17 heavy (non-hydrogen) atoms. The van der Waals surface area contributed by atoms with Crippen molar-refractivity contribution in [3.05, 3.63) is 28.2 Å². The monoisotopic (exact) mass is 236 g/mol. The van der Waals surface area contributed by atoms with Gasteiger partial charge in [-0.2, -0.15) is 5.10 Å². The minimum absolute atomic E-state index is 0.00969. The Kier molecular flexibility index (Phi) is 3.23. The number of aromatic amines is 1. The van der Waals surface area contributed by atoms with Gasteiger partial charge in [-0.3, -0.25) is 9.59 Å². The van der Waals surface area contributed by atoms with Crippen LogP contribution in [-0.4, -0.2) is 40.1 Å². The third kappa shape index (κ3) is 2.52. The third-order valence-corrected chi connectivity index (χ3v) is 3.20. The van der Waals surface area contributed by atoms with Crippen LogP contribution in [0.15, 0.2) is 16.9 Å². The van der Waals surface area contributed by atoms with Gasteiger partial charge in [0, 0.05) is 25.2 Å². The van der Waals surface area contributed by atoms with Crippen LogP contribution in [0.2, 0.25) is 0 Å². The van der Waals surface area contributed by atoms with Crippen LogP contribution in [0.4, 0.5) is 0 Å². The van der Waals surface area contributed by atoms with E-state index in [0.29, 0.717) is 19.0 Å². The molecular weight excluding hydrogens is 220 g/mol. The Morgan fingerprint density at radius 2 is 2.35 bits per heavy atom. The summed E-state index contributed by atoms with van der Waals surface area (Å²) in [6, 6.07) is 2.74. The fraction of sp³-hybridized carbons (Fsp3) is 0.545. The average Bonchev–Trinajstić information content (AvgIpc) is 2.33. The van der Waals surface area contributed by atoms with E-state index in [2.05, 4.69) is 17.1 Å². The van der Waals surface area contributed by atoms with Gasteiger partial charge < -0.3 is 10.6 Å². The number of nitrogens with one attached hydrogen (secondary N) is 1. The maximum Gasteiger partial charge on any atom is 0.274 e. The number of likely N-dealkylation sites (tertiary alicyclic amines) is 1. The molecule has 0 radical (unpaired) electrons. The molecule has 2 atom stereocenters. The zero-order valence-electron chi connectivity index (χ0n) is 9.72. The van der Waals surface area contributed by atoms with E-state index in [0.717, 1.165) is 6.42 Å². The highest BCUT2D eigenvalue weighted by molar-refractivity contribution is 5.92. The quantitative estimate of drug-likeness (QED) is 0.692. The van der Waals surface area contributed by atoms with Gasteiger partial charge in [0.15, 0.2) is 0 Å². The molecule has 0 bridgehead atoms. The second-order valence-corrected chi connectivity index (χ2v) is 4.49. The van der Waals surface area contributed by atoms with E-state index in [1.165, 1.54) is 12.1 Å². The lowest BCUT2D eigenvalue weighted by Gasteiger charge is -2.34. The summed E-state index contributed by atoms with van der Waals surface area (Å²) < 4.78 is 0. The lowest BCUT2D eigenvalue weighted by molar-refractivity contribution is 0.0665. The molecule has 1 fully saturated rings. The molecule has 92 valence electrons. The van der Waals surface area contributed by atoms with Crippen LogP contribution in [0, 0.1) is 5.92 Å². The first-order valence-electron chi connectivity index (χ1n) is 5.68. The van der Waals surface area contributed by atoms with E-state index in [-0.39, 0.29) is 23.2 Å². The number of aromatic nitrogens is 2. The molecule has 3 N–H and O–H groups in total. The lowest BCUT2D eigenvalue weighted by atomic mass is 9.94.